The molecular formula is C25H32FN5O2. The maximum absolute atomic E-state index is 14.0. The molecule has 3 aliphatic rings. The lowest BCUT2D eigenvalue weighted by molar-refractivity contribution is 0.0545. The van der Waals surface area contributed by atoms with Gasteiger partial charge in [-0.05, 0) is 73.8 Å². The summed E-state index contributed by atoms with van der Waals surface area (Å²) in [5.41, 5.74) is 1.23. The Hall–Kier alpha value is -2.58. The number of rotatable bonds is 6. The van der Waals surface area contributed by atoms with Crippen molar-refractivity contribution >= 4 is 11.7 Å². The van der Waals surface area contributed by atoms with Gasteiger partial charge in [0.05, 0.1) is 5.69 Å². The minimum atomic E-state index is -1.27. The number of likely N-dealkylation sites (tertiary alicyclic amines) is 1. The highest BCUT2D eigenvalue weighted by Gasteiger charge is 2.41. The first-order valence-electron chi connectivity index (χ1n) is 12.8. The molecule has 5 rings (SSSR count). The summed E-state index contributed by atoms with van der Waals surface area (Å²) in [7, 11) is 1.50. The van der Waals surface area contributed by atoms with Gasteiger partial charge in [-0.15, -0.1) is 10.2 Å². The van der Waals surface area contributed by atoms with Crippen LogP contribution in [0.4, 0.5) is 10.2 Å². The highest BCUT2D eigenvalue weighted by atomic mass is 19.1. The first-order valence-corrected chi connectivity index (χ1v) is 11.8. The molecule has 1 aliphatic carbocycles. The van der Waals surface area contributed by atoms with Crippen molar-refractivity contribution in [2.45, 2.75) is 31.7 Å². The Morgan fingerprint density at radius 2 is 1.94 bits per heavy atom. The Morgan fingerprint density at radius 3 is 2.61 bits per heavy atom. The van der Waals surface area contributed by atoms with Crippen LogP contribution in [0.3, 0.4) is 0 Å². The molecule has 3 fully saturated rings. The lowest BCUT2D eigenvalue weighted by Crippen LogP contribution is -2.32. The van der Waals surface area contributed by atoms with Crippen LogP contribution < -0.4 is 10.6 Å². The highest BCUT2D eigenvalue weighted by molar-refractivity contribution is 5.95. The fourth-order valence-electron chi connectivity index (χ4n) is 5.39. The Bertz CT molecular complexity index is 1050. The van der Waals surface area contributed by atoms with E-state index in [2.05, 4.69) is 25.7 Å². The van der Waals surface area contributed by atoms with E-state index >= 15 is 0 Å². The van der Waals surface area contributed by atoms with Crippen LogP contribution in [0.15, 0.2) is 30.3 Å². The van der Waals surface area contributed by atoms with Crippen LogP contribution in [0, 0.1) is 23.6 Å². The van der Waals surface area contributed by atoms with Gasteiger partial charge in [-0.2, -0.15) is 0 Å². The van der Waals surface area contributed by atoms with Crippen molar-refractivity contribution in [3.8, 4) is 11.3 Å². The van der Waals surface area contributed by atoms with Gasteiger partial charge in [0, 0.05) is 59.8 Å². The first kappa shape index (κ1) is 19.9. The molecule has 33 heavy (non-hydrogen) atoms. The molecule has 176 valence electrons. The van der Waals surface area contributed by atoms with E-state index in [1.54, 1.807) is 12.1 Å². The van der Waals surface area contributed by atoms with Crippen LogP contribution >= 0.6 is 0 Å². The van der Waals surface area contributed by atoms with Gasteiger partial charge < -0.3 is 20.3 Å². The van der Waals surface area contributed by atoms with Crippen molar-refractivity contribution in [1.29, 1.82) is 0 Å². The van der Waals surface area contributed by atoms with Crippen molar-refractivity contribution < 1.29 is 16.7 Å². The molecule has 3 heterocycles. The summed E-state index contributed by atoms with van der Waals surface area (Å²) in [6.45, 7) is 1.64. The predicted octanol–water partition coefficient (Wildman–Crippen LogP) is 3.19. The molecule has 1 aromatic carbocycles. The second-order valence-electron chi connectivity index (χ2n) is 9.37. The number of nitrogens with one attached hydrogen (secondary N) is 2. The second-order valence-corrected chi connectivity index (χ2v) is 9.37. The number of carbonyl (C=O) groups is 1. The molecule has 8 heteroatoms. The van der Waals surface area contributed by atoms with E-state index in [0.717, 1.165) is 38.8 Å². The van der Waals surface area contributed by atoms with Crippen molar-refractivity contribution in [3.05, 3.63) is 41.7 Å². The van der Waals surface area contributed by atoms with Gasteiger partial charge in [0.15, 0.2) is 0 Å². The van der Waals surface area contributed by atoms with Crippen molar-refractivity contribution in [1.82, 2.24) is 20.4 Å². The number of benzene rings is 1. The number of halogens is 1. The maximum Gasteiger partial charge on any atom is 0.251 e. The van der Waals surface area contributed by atoms with E-state index in [-0.39, 0.29) is 23.4 Å². The number of hydrogen-bond acceptors (Lipinski definition) is 6. The third-order valence-electron chi connectivity index (χ3n) is 7.04. The summed E-state index contributed by atoms with van der Waals surface area (Å²) in [6.07, 6.45) is 3.54. The van der Waals surface area contributed by atoms with Crippen molar-refractivity contribution in [3.63, 3.8) is 0 Å². The molecule has 1 saturated carbocycles. The van der Waals surface area contributed by atoms with E-state index in [0.29, 0.717) is 42.1 Å². The second kappa shape index (κ2) is 9.73. The molecule has 2 aromatic rings. The number of aromatic nitrogens is 2. The van der Waals surface area contributed by atoms with E-state index in [4.69, 9.17) is 7.48 Å². The third kappa shape index (κ3) is 5.17. The van der Waals surface area contributed by atoms with Crippen molar-refractivity contribution in [2.75, 3.05) is 45.2 Å². The summed E-state index contributed by atoms with van der Waals surface area (Å²) < 4.78 is 36.9. The molecular weight excluding hydrogens is 421 g/mol. The third-order valence-corrected chi connectivity index (χ3v) is 7.04. The highest BCUT2D eigenvalue weighted by Crippen LogP contribution is 2.39. The summed E-state index contributed by atoms with van der Waals surface area (Å²) >= 11 is 0. The Kier molecular flexibility index (Phi) is 5.85. The smallest absolute Gasteiger partial charge is 0.251 e. The van der Waals surface area contributed by atoms with Gasteiger partial charge in [-0.3, -0.25) is 4.79 Å². The fraction of sp³-hybridized carbons (Fsp3) is 0.560. The Balaban J connectivity index is 1.18. The zero-order valence-corrected chi connectivity index (χ0v) is 18.9. The van der Waals surface area contributed by atoms with Gasteiger partial charge in [0.2, 0.25) is 0 Å². The molecule has 1 amide bonds. The summed E-state index contributed by atoms with van der Waals surface area (Å²) in [4.78, 5) is 13.9. The van der Waals surface area contributed by atoms with Gasteiger partial charge in [0.25, 0.3) is 5.91 Å². The number of ether oxygens (including phenoxy) is 1. The average Bonchev–Trinajstić information content (AvgIpc) is 3.43. The molecule has 2 aliphatic heterocycles. The Labute approximate surface area is 196 Å². The summed E-state index contributed by atoms with van der Waals surface area (Å²) in [6, 6.07) is 8.01. The largest absolute Gasteiger partial charge is 0.381 e. The summed E-state index contributed by atoms with van der Waals surface area (Å²) in [5.74, 6) is 0.801. The van der Waals surface area contributed by atoms with E-state index in [9.17, 15) is 9.18 Å². The normalized spacial score (nSPS) is 27.0. The van der Waals surface area contributed by atoms with Crippen LogP contribution in [-0.2, 0) is 4.74 Å². The van der Waals surface area contributed by atoms with E-state index in [1.807, 2.05) is 6.07 Å². The van der Waals surface area contributed by atoms with Crippen LogP contribution in [0.1, 0.15) is 38.8 Å². The number of anilines is 1. The molecule has 2 saturated heterocycles. The van der Waals surface area contributed by atoms with Gasteiger partial charge in [-0.1, -0.05) is 0 Å². The van der Waals surface area contributed by atoms with Crippen LogP contribution in [0.5, 0.6) is 0 Å². The lowest BCUT2D eigenvalue weighted by atomic mass is 10.00. The number of fused-ring (bicyclic) bond motifs is 1. The molecule has 0 radical (unpaired) electrons. The topological polar surface area (TPSA) is 79.4 Å². The molecule has 7 nitrogen and oxygen atoms in total. The number of carbonyl (C=O) groups excluding carboxylic acids is 1. The molecule has 1 unspecified atom stereocenters. The molecule has 3 atom stereocenters. The minimum Gasteiger partial charge on any atom is -0.381 e. The first-order chi connectivity index (χ1) is 16.8. The maximum atomic E-state index is 14.0. The quantitative estimate of drug-likeness (QED) is 0.697. The zero-order chi connectivity index (χ0) is 24.6. The monoisotopic (exact) mass is 455 g/mol. The number of amides is 1. The molecule has 1 aromatic heterocycles. The summed E-state index contributed by atoms with van der Waals surface area (Å²) in [5, 5.41) is 14.5. The van der Waals surface area contributed by atoms with Gasteiger partial charge in [-0.25, -0.2) is 4.39 Å². The van der Waals surface area contributed by atoms with Crippen LogP contribution in [0.2, 0.25) is 0 Å². The minimum absolute atomic E-state index is 0.0447. The molecule has 0 spiro atoms. The van der Waals surface area contributed by atoms with Gasteiger partial charge >= 0.3 is 0 Å². The average molecular weight is 456 g/mol. The van der Waals surface area contributed by atoms with Gasteiger partial charge in [0.1, 0.15) is 11.6 Å². The predicted molar refractivity (Wildman–Crippen MR) is 124 cm³/mol. The fourth-order valence-corrected chi connectivity index (χ4v) is 5.39. The van der Waals surface area contributed by atoms with E-state index < -0.39 is 12.3 Å². The number of nitrogens with zero attached hydrogens (tertiary/aromatic N) is 3. The van der Waals surface area contributed by atoms with Crippen LogP contribution in [0.25, 0.3) is 11.3 Å². The number of hydrogen-bond donors (Lipinski definition) is 2. The molecule has 0 bridgehead atoms. The molecule has 2 N–H and O–H groups in total. The van der Waals surface area contributed by atoms with Crippen LogP contribution in [-0.4, -0.2) is 66.9 Å². The lowest BCUT2D eigenvalue weighted by Gasteiger charge is -2.27. The Morgan fingerprint density at radius 1 is 1.18 bits per heavy atom. The standard InChI is InChI=1S/C25H32FN5O2/c1-27-25(32)18-8-17(9-21(26)10-18)23-2-3-24(30-29-23)28-22-11-19-14-31(15-20(19)12-22)13-16-4-6-33-7-5-16/h2-3,8-10,16,19-20,22H,4-7,11-15H2,1H3,(H,27,32)(H,28,30)/t19-,20+,22?/i13D2. The SMILES string of the molecule is [2H]C([2H])(C1CCOCC1)N1C[C@H]2CC(Nc3ccc(-c4cc(F)cc(C(=O)NC)c4)nn3)C[C@H]2C1. The van der Waals surface area contributed by atoms with E-state index in [1.165, 1.54) is 19.2 Å². The van der Waals surface area contributed by atoms with Crippen molar-refractivity contribution in [2.24, 2.45) is 17.8 Å². The zero-order valence-electron chi connectivity index (χ0n) is 20.9.